The molecule has 1 heterocycles. The molecule has 0 bridgehead atoms. The van der Waals surface area contributed by atoms with Crippen molar-refractivity contribution in [1.82, 2.24) is 20.4 Å². The SMILES string of the molecule is CCC(C)NC(=NCc1ccc([N+](=O)[O-])cc1)N1CCN(CC(=O)NC(C)C)CC1.I. The summed E-state index contributed by atoms with van der Waals surface area (Å²) in [4.78, 5) is 31.6. The number of halogens is 1. The minimum atomic E-state index is -0.399. The van der Waals surface area contributed by atoms with Gasteiger partial charge in [0.15, 0.2) is 5.96 Å². The second-order valence-corrected chi connectivity index (χ2v) is 8.00. The van der Waals surface area contributed by atoms with Crippen LogP contribution in [0.3, 0.4) is 0 Å². The second-order valence-electron chi connectivity index (χ2n) is 8.00. The highest BCUT2D eigenvalue weighted by Crippen LogP contribution is 2.13. The summed E-state index contributed by atoms with van der Waals surface area (Å²) in [5.74, 6) is 0.900. The van der Waals surface area contributed by atoms with Crippen molar-refractivity contribution in [2.24, 2.45) is 4.99 Å². The Labute approximate surface area is 201 Å². The van der Waals surface area contributed by atoms with Gasteiger partial charge in [-0.2, -0.15) is 0 Å². The average molecular weight is 546 g/mol. The van der Waals surface area contributed by atoms with Gasteiger partial charge < -0.3 is 15.5 Å². The van der Waals surface area contributed by atoms with Crippen LogP contribution in [0.15, 0.2) is 29.3 Å². The number of nitrogens with one attached hydrogen (secondary N) is 2. The van der Waals surface area contributed by atoms with Gasteiger partial charge >= 0.3 is 0 Å². The zero-order chi connectivity index (χ0) is 22.1. The van der Waals surface area contributed by atoms with Gasteiger partial charge in [-0.15, -0.1) is 24.0 Å². The molecule has 1 aliphatic rings. The molecular weight excluding hydrogens is 511 g/mol. The number of hydrogen-bond acceptors (Lipinski definition) is 5. The van der Waals surface area contributed by atoms with E-state index in [1.54, 1.807) is 12.1 Å². The van der Waals surface area contributed by atoms with E-state index in [1.807, 2.05) is 13.8 Å². The van der Waals surface area contributed by atoms with E-state index in [-0.39, 0.29) is 47.7 Å². The number of nitro groups is 1. The molecule has 2 rings (SSSR count). The van der Waals surface area contributed by atoms with Crippen LogP contribution in [0.4, 0.5) is 5.69 Å². The van der Waals surface area contributed by atoms with Crippen molar-refractivity contribution in [3.05, 3.63) is 39.9 Å². The first-order valence-electron chi connectivity index (χ1n) is 10.6. The van der Waals surface area contributed by atoms with Crippen molar-refractivity contribution in [1.29, 1.82) is 0 Å². The van der Waals surface area contributed by atoms with Crippen LogP contribution in [0.25, 0.3) is 0 Å². The number of carbonyl (C=O) groups is 1. The lowest BCUT2D eigenvalue weighted by molar-refractivity contribution is -0.384. The topological polar surface area (TPSA) is 103 Å². The number of guanidine groups is 1. The van der Waals surface area contributed by atoms with Gasteiger partial charge in [0.05, 0.1) is 18.0 Å². The van der Waals surface area contributed by atoms with E-state index in [0.29, 0.717) is 13.1 Å². The number of nitro benzene ring substituents is 1. The number of amides is 1. The minimum Gasteiger partial charge on any atom is -0.354 e. The summed E-state index contributed by atoms with van der Waals surface area (Å²) in [6.07, 6.45) is 0.978. The Hall–Kier alpha value is -1.95. The smallest absolute Gasteiger partial charge is 0.269 e. The predicted octanol–water partition coefficient (Wildman–Crippen LogP) is 2.60. The van der Waals surface area contributed by atoms with Gasteiger partial charge in [-0.3, -0.25) is 19.8 Å². The van der Waals surface area contributed by atoms with Crippen LogP contribution < -0.4 is 10.6 Å². The molecule has 1 aromatic carbocycles. The van der Waals surface area contributed by atoms with Gasteiger partial charge in [0.25, 0.3) is 5.69 Å². The van der Waals surface area contributed by atoms with Crippen molar-refractivity contribution in [3.63, 3.8) is 0 Å². The Morgan fingerprint density at radius 2 is 1.74 bits per heavy atom. The summed E-state index contributed by atoms with van der Waals surface area (Å²) >= 11 is 0. The average Bonchev–Trinajstić information content (AvgIpc) is 2.71. The second kappa shape index (κ2) is 13.5. The maximum absolute atomic E-state index is 12.0. The Kier molecular flexibility index (Phi) is 11.8. The molecule has 1 aliphatic heterocycles. The number of non-ortho nitro benzene ring substituents is 1. The monoisotopic (exact) mass is 546 g/mol. The summed E-state index contributed by atoms with van der Waals surface area (Å²) < 4.78 is 0. The van der Waals surface area contributed by atoms with E-state index < -0.39 is 4.92 Å². The zero-order valence-electron chi connectivity index (χ0n) is 18.8. The number of rotatable bonds is 8. The highest BCUT2D eigenvalue weighted by atomic mass is 127. The third kappa shape index (κ3) is 9.38. The lowest BCUT2D eigenvalue weighted by Crippen LogP contribution is -2.55. The molecule has 0 saturated carbocycles. The number of aliphatic imine (C=N–C) groups is 1. The first-order valence-corrected chi connectivity index (χ1v) is 10.6. The van der Waals surface area contributed by atoms with E-state index in [9.17, 15) is 14.9 Å². The molecule has 2 N–H and O–H groups in total. The van der Waals surface area contributed by atoms with Crippen LogP contribution in [0.1, 0.15) is 39.7 Å². The minimum absolute atomic E-state index is 0. The van der Waals surface area contributed by atoms with Gasteiger partial charge in [-0.05, 0) is 32.8 Å². The van der Waals surface area contributed by atoms with Crippen LogP contribution in [-0.4, -0.2) is 71.4 Å². The largest absolute Gasteiger partial charge is 0.354 e. The Morgan fingerprint density at radius 3 is 2.26 bits per heavy atom. The number of hydrogen-bond donors (Lipinski definition) is 2. The van der Waals surface area contributed by atoms with Crippen LogP contribution in [-0.2, 0) is 11.3 Å². The fourth-order valence-electron chi connectivity index (χ4n) is 3.14. The van der Waals surface area contributed by atoms with Crippen molar-refractivity contribution >= 4 is 41.5 Å². The van der Waals surface area contributed by atoms with Crippen molar-refractivity contribution in [2.45, 2.75) is 52.7 Å². The first-order chi connectivity index (χ1) is 14.3. The van der Waals surface area contributed by atoms with Gasteiger partial charge in [-0.1, -0.05) is 19.1 Å². The molecule has 0 aliphatic carbocycles. The number of benzene rings is 1. The lowest BCUT2D eigenvalue weighted by atomic mass is 10.2. The van der Waals surface area contributed by atoms with Crippen LogP contribution in [0.2, 0.25) is 0 Å². The number of nitrogens with zero attached hydrogens (tertiary/aromatic N) is 4. The molecule has 1 atom stereocenters. The van der Waals surface area contributed by atoms with Crippen molar-refractivity contribution in [2.75, 3.05) is 32.7 Å². The standard InChI is InChI=1S/C21H34N6O3.HI/c1-5-17(4)24-21(22-14-18-6-8-19(9-7-18)27(29)30)26-12-10-25(11-13-26)15-20(28)23-16(2)3;/h6-9,16-17H,5,10-15H2,1-4H3,(H,22,24)(H,23,28);1H. The molecule has 1 unspecified atom stereocenters. The van der Waals surface area contributed by atoms with E-state index in [1.165, 1.54) is 12.1 Å². The summed E-state index contributed by atoms with van der Waals surface area (Å²) in [7, 11) is 0. The molecule has 1 aromatic rings. The molecule has 0 radical (unpaired) electrons. The highest BCUT2D eigenvalue weighted by Gasteiger charge is 2.22. The summed E-state index contributed by atoms with van der Waals surface area (Å²) in [6.45, 7) is 12.2. The van der Waals surface area contributed by atoms with Crippen LogP contribution >= 0.6 is 24.0 Å². The quantitative estimate of drug-likeness (QED) is 0.171. The van der Waals surface area contributed by atoms with Gasteiger partial charge in [0, 0.05) is 50.4 Å². The highest BCUT2D eigenvalue weighted by molar-refractivity contribution is 14.0. The fourth-order valence-corrected chi connectivity index (χ4v) is 3.14. The lowest BCUT2D eigenvalue weighted by Gasteiger charge is -2.37. The Bertz CT molecular complexity index is 733. The van der Waals surface area contributed by atoms with E-state index in [2.05, 4.69) is 34.3 Å². The van der Waals surface area contributed by atoms with Gasteiger partial charge in [0.1, 0.15) is 0 Å². The summed E-state index contributed by atoms with van der Waals surface area (Å²) in [5.41, 5.74) is 1.01. The predicted molar refractivity (Wildman–Crippen MR) is 134 cm³/mol. The molecule has 0 spiro atoms. The van der Waals surface area contributed by atoms with Crippen molar-refractivity contribution < 1.29 is 9.72 Å². The molecule has 31 heavy (non-hydrogen) atoms. The summed E-state index contributed by atoms with van der Waals surface area (Å²) in [6, 6.07) is 6.94. The van der Waals surface area contributed by atoms with E-state index in [0.717, 1.165) is 44.1 Å². The maximum Gasteiger partial charge on any atom is 0.269 e. The fraction of sp³-hybridized carbons (Fsp3) is 0.619. The molecule has 1 amide bonds. The summed E-state index contributed by atoms with van der Waals surface area (Å²) in [5, 5.41) is 17.2. The van der Waals surface area contributed by atoms with E-state index in [4.69, 9.17) is 4.99 Å². The Balaban J connectivity index is 0.00000480. The molecular formula is C21H35IN6O3. The molecule has 9 nitrogen and oxygen atoms in total. The molecule has 174 valence electrons. The normalized spacial score (nSPS) is 15.9. The number of carbonyl (C=O) groups excluding carboxylic acids is 1. The first kappa shape index (κ1) is 27.1. The molecule has 10 heteroatoms. The number of piperazine rings is 1. The van der Waals surface area contributed by atoms with Crippen LogP contribution in [0.5, 0.6) is 0 Å². The zero-order valence-corrected chi connectivity index (χ0v) is 21.2. The molecule has 1 saturated heterocycles. The van der Waals surface area contributed by atoms with Crippen LogP contribution in [0, 0.1) is 10.1 Å². The maximum atomic E-state index is 12.0. The third-order valence-electron chi connectivity index (χ3n) is 5.04. The van der Waals surface area contributed by atoms with E-state index >= 15 is 0 Å². The third-order valence-corrected chi connectivity index (χ3v) is 5.04. The Morgan fingerprint density at radius 1 is 1.13 bits per heavy atom. The van der Waals surface area contributed by atoms with Crippen molar-refractivity contribution in [3.8, 4) is 0 Å². The molecule has 1 fully saturated rings. The molecule has 0 aromatic heterocycles. The van der Waals surface area contributed by atoms with Gasteiger partial charge in [-0.25, -0.2) is 4.99 Å². The van der Waals surface area contributed by atoms with Gasteiger partial charge in [0.2, 0.25) is 5.91 Å².